The minimum absolute atomic E-state index is 0. The van der Waals surface area contributed by atoms with Gasteiger partial charge in [-0.25, -0.2) is 4.98 Å². The van der Waals surface area contributed by atoms with Crippen LogP contribution in [0.3, 0.4) is 0 Å². The van der Waals surface area contributed by atoms with Gasteiger partial charge in [0.2, 0.25) is 5.88 Å². The van der Waals surface area contributed by atoms with Gasteiger partial charge in [0, 0.05) is 32.4 Å². The van der Waals surface area contributed by atoms with Gasteiger partial charge in [-0.2, -0.15) is 0 Å². The summed E-state index contributed by atoms with van der Waals surface area (Å²) in [5.74, 6) is 1.73. The van der Waals surface area contributed by atoms with Crippen LogP contribution in [-0.2, 0) is 6.54 Å². The third kappa shape index (κ3) is 4.72. The Morgan fingerprint density at radius 3 is 2.86 bits per heavy atom. The van der Waals surface area contributed by atoms with E-state index in [4.69, 9.17) is 4.74 Å². The average Bonchev–Trinajstić information content (AvgIpc) is 2.92. The zero-order valence-electron chi connectivity index (χ0n) is 13.1. The lowest BCUT2D eigenvalue weighted by Crippen LogP contribution is -2.35. The van der Waals surface area contributed by atoms with Crippen LogP contribution in [0, 0.1) is 0 Å². The minimum Gasteiger partial charge on any atom is -0.474 e. The summed E-state index contributed by atoms with van der Waals surface area (Å²) in [6, 6.07) is 4.06. The van der Waals surface area contributed by atoms with Crippen molar-refractivity contribution in [2.75, 3.05) is 20.1 Å². The Morgan fingerprint density at radius 2 is 2.14 bits per heavy atom. The quantitative estimate of drug-likeness (QED) is 0.768. The van der Waals surface area contributed by atoms with Crippen LogP contribution in [0.15, 0.2) is 23.3 Å². The maximum Gasteiger partial charge on any atom is 0.213 e. The van der Waals surface area contributed by atoms with E-state index >= 15 is 0 Å². The predicted molar refractivity (Wildman–Crippen MR) is 98.9 cm³/mol. The van der Waals surface area contributed by atoms with Gasteiger partial charge in [-0.1, -0.05) is 6.42 Å². The van der Waals surface area contributed by atoms with Gasteiger partial charge in [0.25, 0.3) is 0 Å². The molecule has 0 spiro atoms. The first-order valence-corrected chi connectivity index (χ1v) is 7.92. The lowest BCUT2D eigenvalue weighted by Gasteiger charge is -2.22. The number of guanidine groups is 1. The summed E-state index contributed by atoms with van der Waals surface area (Å²) in [6.45, 7) is 2.63. The highest BCUT2D eigenvalue weighted by atomic mass is 127. The summed E-state index contributed by atoms with van der Waals surface area (Å²) in [4.78, 5) is 10.9. The number of aliphatic imine (C=N–C) groups is 1. The molecule has 1 N–H and O–H groups in total. The molecule has 0 amide bonds. The fourth-order valence-electron chi connectivity index (χ4n) is 2.88. The fourth-order valence-corrected chi connectivity index (χ4v) is 2.88. The SMILES string of the molecule is CN1CCN=C1NCc1ccnc(OC2CCCCC2)c1.I. The van der Waals surface area contributed by atoms with Gasteiger partial charge in [0.05, 0.1) is 6.54 Å². The van der Waals surface area contributed by atoms with E-state index in [1.54, 1.807) is 0 Å². The second-order valence-electron chi connectivity index (χ2n) is 5.86. The molecule has 122 valence electrons. The van der Waals surface area contributed by atoms with Crippen molar-refractivity contribution in [1.82, 2.24) is 15.2 Å². The molecule has 0 bridgehead atoms. The van der Waals surface area contributed by atoms with Crippen LogP contribution in [0.4, 0.5) is 0 Å². The van der Waals surface area contributed by atoms with Gasteiger partial charge in [-0.05, 0) is 37.3 Å². The molecule has 0 aromatic carbocycles. The minimum atomic E-state index is 0. The summed E-state index contributed by atoms with van der Waals surface area (Å²) in [6.07, 6.45) is 8.38. The van der Waals surface area contributed by atoms with E-state index in [2.05, 4.69) is 27.2 Å². The smallest absolute Gasteiger partial charge is 0.213 e. The topological polar surface area (TPSA) is 49.8 Å². The van der Waals surface area contributed by atoms with Crippen molar-refractivity contribution in [3.05, 3.63) is 23.9 Å². The number of aromatic nitrogens is 1. The molecular weight excluding hydrogens is 391 g/mol. The molecule has 1 aliphatic carbocycles. The van der Waals surface area contributed by atoms with Gasteiger partial charge in [-0.3, -0.25) is 4.99 Å². The first-order chi connectivity index (χ1) is 10.3. The van der Waals surface area contributed by atoms with Crippen LogP contribution in [0.5, 0.6) is 5.88 Å². The molecule has 0 saturated heterocycles. The van der Waals surface area contributed by atoms with E-state index in [9.17, 15) is 0 Å². The van der Waals surface area contributed by atoms with E-state index in [-0.39, 0.29) is 24.0 Å². The molecule has 0 radical (unpaired) electrons. The van der Waals surface area contributed by atoms with Crippen LogP contribution in [0.25, 0.3) is 0 Å². The second-order valence-corrected chi connectivity index (χ2v) is 5.86. The Kier molecular flexibility index (Phi) is 6.72. The summed E-state index contributed by atoms with van der Waals surface area (Å²) in [5.41, 5.74) is 1.18. The van der Waals surface area contributed by atoms with E-state index in [0.717, 1.165) is 44.3 Å². The first kappa shape index (κ1) is 17.3. The number of ether oxygens (including phenoxy) is 1. The third-order valence-electron chi connectivity index (χ3n) is 4.15. The normalized spacial score (nSPS) is 18.6. The largest absolute Gasteiger partial charge is 0.474 e. The third-order valence-corrected chi connectivity index (χ3v) is 4.15. The Labute approximate surface area is 149 Å². The number of nitrogens with zero attached hydrogens (tertiary/aromatic N) is 3. The average molecular weight is 416 g/mol. The summed E-state index contributed by atoms with van der Waals surface area (Å²) >= 11 is 0. The highest BCUT2D eigenvalue weighted by molar-refractivity contribution is 14.0. The summed E-state index contributed by atoms with van der Waals surface area (Å²) in [7, 11) is 2.06. The number of nitrogens with one attached hydrogen (secondary N) is 1. The maximum absolute atomic E-state index is 6.01. The van der Waals surface area contributed by atoms with Crippen molar-refractivity contribution in [2.24, 2.45) is 4.99 Å². The zero-order valence-corrected chi connectivity index (χ0v) is 15.5. The number of halogens is 1. The number of hydrogen-bond donors (Lipinski definition) is 1. The molecular formula is C16H25IN4O. The highest BCUT2D eigenvalue weighted by Crippen LogP contribution is 2.22. The van der Waals surface area contributed by atoms with E-state index < -0.39 is 0 Å². The summed E-state index contributed by atoms with van der Waals surface area (Å²) in [5, 5.41) is 3.37. The zero-order chi connectivity index (χ0) is 14.5. The van der Waals surface area contributed by atoms with Gasteiger partial charge in [0.1, 0.15) is 6.10 Å². The number of pyridine rings is 1. The lowest BCUT2D eigenvalue weighted by atomic mass is 9.98. The van der Waals surface area contributed by atoms with E-state index in [0.29, 0.717) is 6.10 Å². The number of hydrogen-bond acceptors (Lipinski definition) is 5. The van der Waals surface area contributed by atoms with Crippen molar-refractivity contribution >= 4 is 29.9 Å². The van der Waals surface area contributed by atoms with Crippen LogP contribution >= 0.6 is 24.0 Å². The molecule has 22 heavy (non-hydrogen) atoms. The van der Waals surface area contributed by atoms with Crippen LogP contribution in [-0.4, -0.2) is 42.1 Å². The number of rotatable bonds is 4. The molecule has 0 atom stereocenters. The molecule has 1 aromatic rings. The monoisotopic (exact) mass is 416 g/mol. The molecule has 5 nitrogen and oxygen atoms in total. The molecule has 1 aliphatic heterocycles. The van der Waals surface area contributed by atoms with Crippen LogP contribution in [0.1, 0.15) is 37.7 Å². The highest BCUT2D eigenvalue weighted by Gasteiger charge is 2.16. The molecule has 3 rings (SSSR count). The predicted octanol–water partition coefficient (Wildman–Crippen LogP) is 2.80. The Balaban J connectivity index is 0.00000176. The Hall–Kier alpha value is -1.05. The Morgan fingerprint density at radius 1 is 1.32 bits per heavy atom. The van der Waals surface area contributed by atoms with E-state index in [1.807, 2.05) is 18.3 Å². The standard InChI is InChI=1S/C16H24N4O.HI/c1-20-10-9-18-16(20)19-12-13-7-8-17-15(11-13)21-14-5-3-2-4-6-14;/h7-8,11,14H,2-6,9-10,12H2,1H3,(H,18,19);1H. The second kappa shape index (κ2) is 8.55. The molecule has 2 heterocycles. The van der Waals surface area contributed by atoms with Crippen molar-refractivity contribution in [1.29, 1.82) is 0 Å². The number of likely N-dealkylation sites (N-methyl/N-ethyl adjacent to an activating group) is 1. The van der Waals surface area contributed by atoms with Crippen molar-refractivity contribution in [2.45, 2.75) is 44.8 Å². The molecule has 1 fully saturated rings. The lowest BCUT2D eigenvalue weighted by molar-refractivity contribution is 0.148. The van der Waals surface area contributed by atoms with Gasteiger partial charge < -0.3 is 15.0 Å². The first-order valence-electron chi connectivity index (χ1n) is 7.92. The van der Waals surface area contributed by atoms with Crippen molar-refractivity contribution < 1.29 is 4.74 Å². The fraction of sp³-hybridized carbons (Fsp3) is 0.625. The van der Waals surface area contributed by atoms with Gasteiger partial charge in [0.15, 0.2) is 5.96 Å². The van der Waals surface area contributed by atoms with Gasteiger partial charge >= 0.3 is 0 Å². The van der Waals surface area contributed by atoms with E-state index in [1.165, 1.54) is 24.8 Å². The van der Waals surface area contributed by atoms with Crippen molar-refractivity contribution in [3.63, 3.8) is 0 Å². The Bertz CT molecular complexity index is 503. The van der Waals surface area contributed by atoms with Gasteiger partial charge in [-0.15, -0.1) is 24.0 Å². The van der Waals surface area contributed by atoms with Crippen molar-refractivity contribution in [3.8, 4) is 5.88 Å². The molecule has 1 aromatic heterocycles. The summed E-state index contributed by atoms with van der Waals surface area (Å²) < 4.78 is 6.01. The molecule has 2 aliphatic rings. The van der Waals surface area contributed by atoms with Crippen LogP contribution < -0.4 is 10.1 Å². The molecule has 6 heteroatoms. The molecule has 1 saturated carbocycles. The van der Waals surface area contributed by atoms with Crippen LogP contribution in [0.2, 0.25) is 0 Å². The maximum atomic E-state index is 6.01. The molecule has 0 unspecified atom stereocenters.